The van der Waals surface area contributed by atoms with Crippen molar-refractivity contribution >= 4 is 11.7 Å². The van der Waals surface area contributed by atoms with Crippen molar-refractivity contribution < 1.29 is 9.53 Å². The third-order valence-electron chi connectivity index (χ3n) is 4.57. The first-order chi connectivity index (χ1) is 12.7. The molecule has 0 spiro atoms. The zero-order chi connectivity index (χ0) is 18.4. The van der Waals surface area contributed by atoms with Gasteiger partial charge in [-0.25, -0.2) is 9.97 Å². The van der Waals surface area contributed by atoms with Crippen LogP contribution in [0, 0.1) is 0 Å². The van der Waals surface area contributed by atoms with Crippen molar-refractivity contribution in [2.75, 3.05) is 51.8 Å². The zero-order valence-corrected chi connectivity index (χ0v) is 15.3. The van der Waals surface area contributed by atoms with Gasteiger partial charge in [0.1, 0.15) is 17.3 Å². The number of carbonyl (C=O) groups is 1. The summed E-state index contributed by atoms with van der Waals surface area (Å²) >= 11 is 0. The second kappa shape index (κ2) is 8.62. The van der Waals surface area contributed by atoms with E-state index in [0.717, 1.165) is 43.3 Å². The lowest BCUT2D eigenvalue weighted by Gasteiger charge is -2.32. The molecule has 1 fully saturated rings. The Hall–Kier alpha value is -2.67. The molecule has 0 aliphatic carbocycles. The maximum Gasteiger partial charge on any atom is 0.271 e. The lowest BCUT2D eigenvalue weighted by Crippen LogP contribution is -2.44. The molecule has 2 heterocycles. The molecule has 0 atom stereocenters. The molecule has 1 N–H and O–H groups in total. The van der Waals surface area contributed by atoms with E-state index in [9.17, 15) is 4.79 Å². The summed E-state index contributed by atoms with van der Waals surface area (Å²) in [6, 6.07) is 7.80. The summed E-state index contributed by atoms with van der Waals surface area (Å²) in [5.74, 6) is 1.44. The molecular weight excluding hydrogens is 330 g/mol. The van der Waals surface area contributed by atoms with E-state index in [2.05, 4.69) is 32.1 Å². The summed E-state index contributed by atoms with van der Waals surface area (Å²) in [7, 11) is 3.76. The smallest absolute Gasteiger partial charge is 0.271 e. The molecule has 0 radical (unpaired) electrons. The minimum Gasteiger partial charge on any atom is -0.496 e. The van der Waals surface area contributed by atoms with Crippen LogP contribution in [0.4, 0.5) is 5.82 Å². The normalized spacial score (nSPS) is 14.9. The lowest BCUT2D eigenvalue weighted by molar-refractivity contribution is 0.0948. The Bertz CT molecular complexity index is 727. The van der Waals surface area contributed by atoms with Crippen molar-refractivity contribution in [2.45, 2.75) is 6.42 Å². The molecule has 1 aliphatic rings. The number of rotatable bonds is 6. The van der Waals surface area contributed by atoms with Crippen molar-refractivity contribution in [1.82, 2.24) is 20.2 Å². The summed E-state index contributed by atoms with van der Waals surface area (Å²) in [4.78, 5) is 25.4. The van der Waals surface area contributed by atoms with E-state index in [4.69, 9.17) is 4.74 Å². The zero-order valence-electron chi connectivity index (χ0n) is 15.3. The predicted octanol–water partition coefficient (Wildman–Crippen LogP) is 1.21. The minimum atomic E-state index is -0.211. The van der Waals surface area contributed by atoms with Gasteiger partial charge in [-0.3, -0.25) is 4.79 Å². The van der Waals surface area contributed by atoms with Gasteiger partial charge in [0.25, 0.3) is 5.91 Å². The number of likely N-dealkylation sites (N-methyl/N-ethyl adjacent to an activating group) is 1. The number of para-hydroxylation sites is 1. The number of nitrogens with zero attached hydrogens (tertiary/aromatic N) is 4. The number of amides is 1. The van der Waals surface area contributed by atoms with E-state index in [1.54, 1.807) is 19.5 Å². The Kier molecular flexibility index (Phi) is 6.01. The number of carbonyl (C=O) groups excluding carboxylic acids is 1. The minimum absolute atomic E-state index is 0.211. The lowest BCUT2D eigenvalue weighted by atomic mass is 10.1. The van der Waals surface area contributed by atoms with Gasteiger partial charge in [0.2, 0.25) is 0 Å². The number of hydrogen-bond donors (Lipinski definition) is 1. The number of anilines is 1. The van der Waals surface area contributed by atoms with Crippen molar-refractivity contribution in [2.24, 2.45) is 0 Å². The average Bonchev–Trinajstić information content (AvgIpc) is 2.69. The second-order valence-electron chi connectivity index (χ2n) is 6.37. The standard InChI is InChI=1S/C19H25N5O2/c1-23-9-11-24(12-10-23)18-14-21-16(13-22-18)19(25)20-8-7-15-5-3-4-6-17(15)26-2/h3-6,13-14H,7-12H2,1-2H3,(H,20,25). The van der Waals surface area contributed by atoms with Crippen LogP contribution >= 0.6 is 0 Å². The quantitative estimate of drug-likeness (QED) is 0.840. The predicted molar refractivity (Wildman–Crippen MR) is 101 cm³/mol. The van der Waals surface area contributed by atoms with Crippen LogP contribution in [0.15, 0.2) is 36.7 Å². The van der Waals surface area contributed by atoms with E-state index in [0.29, 0.717) is 18.7 Å². The number of hydrogen-bond acceptors (Lipinski definition) is 6. The van der Waals surface area contributed by atoms with Gasteiger partial charge in [0.05, 0.1) is 19.5 Å². The molecule has 26 heavy (non-hydrogen) atoms. The summed E-state index contributed by atoms with van der Waals surface area (Å²) in [5.41, 5.74) is 1.40. The fraction of sp³-hybridized carbons (Fsp3) is 0.421. The van der Waals surface area contributed by atoms with Gasteiger partial charge in [0, 0.05) is 32.7 Å². The Labute approximate surface area is 154 Å². The van der Waals surface area contributed by atoms with Crippen molar-refractivity contribution in [3.05, 3.63) is 47.9 Å². The topological polar surface area (TPSA) is 70.6 Å². The highest BCUT2D eigenvalue weighted by Crippen LogP contribution is 2.17. The van der Waals surface area contributed by atoms with Crippen molar-refractivity contribution in [3.63, 3.8) is 0 Å². The van der Waals surface area contributed by atoms with Crippen LogP contribution in [-0.2, 0) is 6.42 Å². The van der Waals surface area contributed by atoms with Crippen LogP contribution in [0.1, 0.15) is 16.1 Å². The molecule has 1 saturated heterocycles. The van der Waals surface area contributed by atoms with Crippen LogP contribution < -0.4 is 15.0 Å². The van der Waals surface area contributed by atoms with E-state index in [1.165, 1.54) is 0 Å². The van der Waals surface area contributed by atoms with E-state index >= 15 is 0 Å². The Morgan fingerprint density at radius 2 is 1.92 bits per heavy atom. The Balaban J connectivity index is 1.52. The van der Waals surface area contributed by atoms with Gasteiger partial charge in [-0.2, -0.15) is 0 Å². The van der Waals surface area contributed by atoms with Crippen molar-refractivity contribution in [3.8, 4) is 5.75 Å². The molecule has 3 rings (SSSR count). The van der Waals surface area contributed by atoms with E-state index in [1.807, 2.05) is 24.3 Å². The SMILES string of the molecule is COc1ccccc1CCNC(=O)c1cnc(N2CCN(C)CC2)cn1. The second-order valence-corrected chi connectivity index (χ2v) is 6.37. The molecule has 0 unspecified atom stereocenters. The molecule has 1 aromatic carbocycles. The van der Waals surface area contributed by atoms with Crippen LogP contribution in [0.2, 0.25) is 0 Å². The first kappa shape index (κ1) is 18.1. The number of benzene rings is 1. The molecule has 138 valence electrons. The highest BCUT2D eigenvalue weighted by molar-refractivity contribution is 5.92. The molecule has 0 bridgehead atoms. The fourth-order valence-electron chi connectivity index (χ4n) is 2.95. The summed E-state index contributed by atoms with van der Waals surface area (Å²) in [6.07, 6.45) is 3.93. The maximum atomic E-state index is 12.3. The molecular formula is C19H25N5O2. The number of methoxy groups -OCH3 is 1. The van der Waals surface area contributed by atoms with Crippen LogP contribution in [0.3, 0.4) is 0 Å². The Morgan fingerprint density at radius 3 is 2.62 bits per heavy atom. The van der Waals surface area contributed by atoms with Gasteiger partial charge in [-0.15, -0.1) is 0 Å². The van der Waals surface area contributed by atoms with Gasteiger partial charge < -0.3 is 19.9 Å². The average molecular weight is 355 g/mol. The highest BCUT2D eigenvalue weighted by Gasteiger charge is 2.16. The summed E-state index contributed by atoms with van der Waals surface area (Å²) < 4.78 is 5.32. The maximum absolute atomic E-state index is 12.3. The van der Waals surface area contributed by atoms with Gasteiger partial charge in [-0.05, 0) is 25.1 Å². The highest BCUT2D eigenvalue weighted by atomic mass is 16.5. The molecule has 1 aliphatic heterocycles. The Morgan fingerprint density at radius 1 is 1.15 bits per heavy atom. The molecule has 2 aromatic rings. The number of aromatic nitrogens is 2. The largest absolute Gasteiger partial charge is 0.496 e. The van der Waals surface area contributed by atoms with E-state index in [-0.39, 0.29) is 5.91 Å². The van der Waals surface area contributed by atoms with Crippen LogP contribution in [0.5, 0.6) is 5.75 Å². The molecule has 1 amide bonds. The number of piperazine rings is 1. The van der Waals surface area contributed by atoms with E-state index < -0.39 is 0 Å². The number of ether oxygens (including phenoxy) is 1. The third kappa shape index (κ3) is 4.49. The van der Waals surface area contributed by atoms with Gasteiger partial charge >= 0.3 is 0 Å². The molecule has 0 saturated carbocycles. The first-order valence-electron chi connectivity index (χ1n) is 8.83. The monoisotopic (exact) mass is 355 g/mol. The summed E-state index contributed by atoms with van der Waals surface area (Å²) in [5, 5.41) is 2.89. The number of nitrogens with one attached hydrogen (secondary N) is 1. The van der Waals surface area contributed by atoms with Gasteiger partial charge in [-0.1, -0.05) is 18.2 Å². The molecule has 1 aromatic heterocycles. The summed E-state index contributed by atoms with van der Waals surface area (Å²) in [6.45, 7) is 4.38. The fourth-order valence-corrected chi connectivity index (χ4v) is 2.95. The van der Waals surface area contributed by atoms with Crippen molar-refractivity contribution in [1.29, 1.82) is 0 Å². The van der Waals surface area contributed by atoms with Crippen LogP contribution in [0.25, 0.3) is 0 Å². The van der Waals surface area contributed by atoms with Gasteiger partial charge in [0.15, 0.2) is 0 Å². The molecule has 7 nitrogen and oxygen atoms in total. The third-order valence-corrected chi connectivity index (χ3v) is 4.57. The first-order valence-corrected chi connectivity index (χ1v) is 8.83. The van der Waals surface area contributed by atoms with Crippen LogP contribution in [-0.4, -0.2) is 67.7 Å². The molecule has 7 heteroatoms.